The van der Waals surface area contributed by atoms with Crippen LogP contribution in [0.1, 0.15) is 27.6 Å². The van der Waals surface area contributed by atoms with Gasteiger partial charge in [0.05, 0.1) is 5.56 Å². The molecule has 3 nitrogen and oxygen atoms in total. The van der Waals surface area contributed by atoms with Crippen LogP contribution in [0, 0.1) is 0 Å². The number of pyridine rings is 1. The van der Waals surface area contributed by atoms with E-state index in [4.69, 9.17) is 39.5 Å². The Bertz CT molecular complexity index is 863. The van der Waals surface area contributed by atoms with Gasteiger partial charge in [-0.05, 0) is 35.4 Å². The van der Waals surface area contributed by atoms with E-state index in [0.29, 0.717) is 5.02 Å². The number of halogens is 3. The summed E-state index contributed by atoms with van der Waals surface area (Å²) in [5.41, 5.74) is 1.87. The van der Waals surface area contributed by atoms with E-state index in [1.165, 1.54) is 12.1 Å². The third-order valence-electron chi connectivity index (χ3n) is 3.50. The number of ether oxygens (including phenoxy) is 1. The summed E-state index contributed by atoms with van der Waals surface area (Å²) in [4.78, 5) is 16.4. The maximum atomic E-state index is 12.6. The van der Waals surface area contributed by atoms with Crippen LogP contribution in [-0.2, 0) is 4.74 Å². The topological polar surface area (TPSA) is 39.2 Å². The maximum Gasteiger partial charge on any atom is 0.339 e. The monoisotopic (exact) mass is 391 g/mol. The number of benzene rings is 2. The highest BCUT2D eigenvalue weighted by Crippen LogP contribution is 2.28. The molecule has 3 rings (SSSR count). The number of hydrogen-bond acceptors (Lipinski definition) is 3. The molecule has 3 aromatic rings. The van der Waals surface area contributed by atoms with Gasteiger partial charge in [-0.3, -0.25) is 0 Å². The Morgan fingerprint density at radius 1 is 0.840 bits per heavy atom. The molecule has 0 amide bonds. The molecule has 0 bridgehead atoms. The summed E-state index contributed by atoms with van der Waals surface area (Å²) in [5, 5.41) is 0.860. The summed E-state index contributed by atoms with van der Waals surface area (Å²) >= 11 is 17.7. The first kappa shape index (κ1) is 17.7. The zero-order valence-electron chi connectivity index (χ0n) is 12.8. The molecule has 1 atom stereocenters. The number of carbonyl (C=O) groups is 1. The average molecular weight is 393 g/mol. The first-order valence-corrected chi connectivity index (χ1v) is 8.51. The molecule has 2 aromatic carbocycles. The highest BCUT2D eigenvalue weighted by molar-refractivity contribution is 6.33. The van der Waals surface area contributed by atoms with Crippen LogP contribution in [0.3, 0.4) is 0 Å². The Morgan fingerprint density at radius 3 is 2.00 bits per heavy atom. The van der Waals surface area contributed by atoms with Crippen LogP contribution >= 0.6 is 34.8 Å². The molecule has 0 saturated carbocycles. The van der Waals surface area contributed by atoms with Gasteiger partial charge in [-0.25, -0.2) is 9.78 Å². The van der Waals surface area contributed by atoms with Crippen molar-refractivity contribution in [3.63, 3.8) is 0 Å². The standard InChI is InChI=1S/C19H12Cl3NO2/c20-15-8-6-13(7-9-15)18(12-4-2-1-3-5-12)25-19(24)14-10-16(21)23-17(22)11-14/h1-11,18H. The smallest absolute Gasteiger partial charge is 0.339 e. The number of carbonyl (C=O) groups excluding carboxylic acids is 1. The molecular weight excluding hydrogens is 381 g/mol. The van der Waals surface area contributed by atoms with Crippen molar-refractivity contribution >= 4 is 40.8 Å². The highest BCUT2D eigenvalue weighted by Gasteiger charge is 2.21. The predicted octanol–water partition coefficient (Wildman–Crippen LogP) is 5.99. The third kappa shape index (κ3) is 4.51. The zero-order valence-corrected chi connectivity index (χ0v) is 15.1. The van der Waals surface area contributed by atoms with Crippen LogP contribution in [0.4, 0.5) is 0 Å². The van der Waals surface area contributed by atoms with Crippen LogP contribution in [0.5, 0.6) is 0 Å². The second-order valence-electron chi connectivity index (χ2n) is 5.25. The Kier molecular flexibility index (Phi) is 5.59. The molecule has 0 aliphatic heterocycles. The number of nitrogens with zero attached hydrogens (tertiary/aromatic N) is 1. The summed E-state index contributed by atoms with van der Waals surface area (Å²) in [6, 6.07) is 19.4. The molecule has 0 saturated heterocycles. The van der Waals surface area contributed by atoms with E-state index in [9.17, 15) is 4.79 Å². The van der Waals surface area contributed by atoms with Crippen molar-refractivity contribution in [1.82, 2.24) is 4.98 Å². The Hall–Kier alpha value is -2.07. The lowest BCUT2D eigenvalue weighted by Gasteiger charge is -2.19. The molecule has 0 aliphatic rings. The van der Waals surface area contributed by atoms with E-state index < -0.39 is 12.1 Å². The lowest BCUT2D eigenvalue weighted by atomic mass is 10.0. The molecule has 0 radical (unpaired) electrons. The van der Waals surface area contributed by atoms with Crippen LogP contribution < -0.4 is 0 Å². The minimum absolute atomic E-state index is 0.127. The van der Waals surface area contributed by atoms with E-state index >= 15 is 0 Å². The summed E-state index contributed by atoms with van der Waals surface area (Å²) in [5.74, 6) is -0.546. The predicted molar refractivity (Wildman–Crippen MR) is 99.4 cm³/mol. The quantitative estimate of drug-likeness (QED) is 0.404. The van der Waals surface area contributed by atoms with E-state index in [1.54, 1.807) is 12.1 Å². The maximum absolute atomic E-state index is 12.6. The molecule has 126 valence electrons. The van der Waals surface area contributed by atoms with Crippen LogP contribution in [-0.4, -0.2) is 11.0 Å². The van der Waals surface area contributed by atoms with Crippen molar-refractivity contribution in [2.24, 2.45) is 0 Å². The summed E-state index contributed by atoms with van der Waals surface area (Å²) in [6.45, 7) is 0. The first-order chi connectivity index (χ1) is 12.0. The zero-order chi connectivity index (χ0) is 17.8. The number of esters is 1. The van der Waals surface area contributed by atoms with Gasteiger partial charge in [0.1, 0.15) is 10.3 Å². The van der Waals surface area contributed by atoms with Gasteiger partial charge in [0.25, 0.3) is 0 Å². The molecule has 25 heavy (non-hydrogen) atoms. The van der Waals surface area contributed by atoms with Crippen LogP contribution in [0.25, 0.3) is 0 Å². The molecular formula is C19H12Cl3NO2. The minimum Gasteiger partial charge on any atom is -0.449 e. The molecule has 0 fully saturated rings. The molecule has 1 unspecified atom stereocenters. The molecule has 6 heteroatoms. The Morgan fingerprint density at radius 2 is 1.40 bits per heavy atom. The van der Waals surface area contributed by atoms with Crippen molar-refractivity contribution < 1.29 is 9.53 Å². The number of hydrogen-bond donors (Lipinski definition) is 0. The summed E-state index contributed by atoms with van der Waals surface area (Å²) in [7, 11) is 0. The van der Waals surface area contributed by atoms with E-state index in [-0.39, 0.29) is 15.9 Å². The lowest BCUT2D eigenvalue weighted by Crippen LogP contribution is -2.13. The SMILES string of the molecule is O=C(OC(c1ccccc1)c1ccc(Cl)cc1)c1cc(Cl)nc(Cl)c1. The normalized spacial score (nSPS) is 11.8. The molecule has 0 spiro atoms. The fourth-order valence-electron chi connectivity index (χ4n) is 2.35. The number of rotatable bonds is 4. The van der Waals surface area contributed by atoms with Gasteiger partial charge in [-0.1, -0.05) is 77.3 Å². The van der Waals surface area contributed by atoms with Crippen molar-refractivity contribution in [3.8, 4) is 0 Å². The van der Waals surface area contributed by atoms with Crippen molar-refractivity contribution in [2.45, 2.75) is 6.10 Å². The third-order valence-corrected chi connectivity index (χ3v) is 4.14. The molecule has 0 N–H and O–H groups in total. The molecule has 1 aromatic heterocycles. The van der Waals surface area contributed by atoms with E-state index in [1.807, 2.05) is 42.5 Å². The van der Waals surface area contributed by atoms with Gasteiger partial charge in [0, 0.05) is 5.02 Å². The van der Waals surface area contributed by atoms with Crippen molar-refractivity contribution in [3.05, 3.63) is 98.7 Å². The van der Waals surface area contributed by atoms with Gasteiger partial charge >= 0.3 is 5.97 Å². The second-order valence-corrected chi connectivity index (χ2v) is 6.46. The van der Waals surface area contributed by atoms with Gasteiger partial charge < -0.3 is 4.74 Å². The largest absolute Gasteiger partial charge is 0.449 e. The van der Waals surface area contributed by atoms with Crippen molar-refractivity contribution in [2.75, 3.05) is 0 Å². The van der Waals surface area contributed by atoms with Gasteiger partial charge in [0.2, 0.25) is 0 Å². The average Bonchev–Trinajstić information content (AvgIpc) is 2.60. The van der Waals surface area contributed by atoms with E-state index in [2.05, 4.69) is 4.98 Å². The van der Waals surface area contributed by atoms with Gasteiger partial charge in [-0.15, -0.1) is 0 Å². The Balaban J connectivity index is 1.95. The van der Waals surface area contributed by atoms with Gasteiger partial charge in [-0.2, -0.15) is 0 Å². The first-order valence-electron chi connectivity index (χ1n) is 7.37. The van der Waals surface area contributed by atoms with Crippen molar-refractivity contribution in [1.29, 1.82) is 0 Å². The Labute approximate surface area is 160 Å². The second kappa shape index (κ2) is 7.87. The summed E-state index contributed by atoms with van der Waals surface area (Å²) in [6.07, 6.45) is -0.586. The fraction of sp³-hybridized carbons (Fsp3) is 0.0526. The molecule has 0 aliphatic carbocycles. The lowest BCUT2D eigenvalue weighted by molar-refractivity contribution is 0.0378. The fourth-order valence-corrected chi connectivity index (χ4v) is 2.94. The summed E-state index contributed by atoms with van der Waals surface area (Å²) < 4.78 is 5.73. The van der Waals surface area contributed by atoms with Crippen LogP contribution in [0.2, 0.25) is 15.3 Å². The van der Waals surface area contributed by atoms with Crippen LogP contribution in [0.15, 0.2) is 66.7 Å². The molecule has 1 heterocycles. The highest BCUT2D eigenvalue weighted by atomic mass is 35.5. The van der Waals surface area contributed by atoms with E-state index in [0.717, 1.165) is 11.1 Å². The number of aromatic nitrogens is 1. The minimum atomic E-state index is -0.586. The van der Waals surface area contributed by atoms with Gasteiger partial charge in [0.15, 0.2) is 6.10 Å².